The van der Waals surface area contributed by atoms with Gasteiger partial charge in [-0.1, -0.05) is 51.6 Å². The van der Waals surface area contributed by atoms with E-state index in [1.165, 1.54) is 4.31 Å². The van der Waals surface area contributed by atoms with Crippen LogP contribution in [0.15, 0.2) is 34.3 Å². The fraction of sp³-hybridized carbons (Fsp3) is 0.591. The van der Waals surface area contributed by atoms with Crippen LogP contribution in [0.1, 0.15) is 34.1 Å². The molecule has 0 spiro atoms. The van der Waals surface area contributed by atoms with Gasteiger partial charge in [0.1, 0.15) is 6.61 Å². The monoisotopic (exact) mass is 495 g/mol. The van der Waals surface area contributed by atoms with Crippen molar-refractivity contribution in [2.24, 2.45) is 5.92 Å². The minimum atomic E-state index is -3.56. The zero-order valence-electron chi connectivity index (χ0n) is 19.7. The van der Waals surface area contributed by atoms with Gasteiger partial charge in [-0.15, -0.1) is 10.2 Å². The molecule has 1 fully saturated rings. The summed E-state index contributed by atoms with van der Waals surface area (Å²) in [6.07, 6.45) is 0.575. The third-order valence-corrected chi connectivity index (χ3v) is 8.45. The predicted octanol–water partition coefficient (Wildman–Crippen LogP) is 3.57. The van der Waals surface area contributed by atoms with E-state index in [1.807, 2.05) is 19.9 Å². The first-order valence-corrected chi connectivity index (χ1v) is 13.8. The molecule has 3 rings (SSSR count). The van der Waals surface area contributed by atoms with Crippen LogP contribution in [0.25, 0.3) is 11.4 Å². The Kier molecular flexibility index (Phi) is 8.77. The maximum absolute atomic E-state index is 13.0. The van der Waals surface area contributed by atoms with Crippen molar-refractivity contribution < 1.29 is 17.9 Å². The highest BCUT2D eigenvalue weighted by Gasteiger charge is 2.24. The minimum Gasteiger partial charge on any atom is -0.448 e. The van der Waals surface area contributed by atoms with Crippen LogP contribution in [0, 0.1) is 5.92 Å². The molecule has 33 heavy (non-hydrogen) atoms. The third-order valence-electron chi connectivity index (χ3n) is 5.35. The predicted molar refractivity (Wildman–Crippen MR) is 129 cm³/mol. The van der Waals surface area contributed by atoms with Gasteiger partial charge in [0.15, 0.2) is 11.0 Å². The van der Waals surface area contributed by atoms with Crippen molar-refractivity contribution in [3.05, 3.63) is 24.3 Å². The van der Waals surface area contributed by atoms with Crippen LogP contribution in [-0.2, 0) is 21.3 Å². The van der Waals surface area contributed by atoms with Crippen LogP contribution in [-0.4, -0.2) is 77.0 Å². The molecular formula is C22H33N5O4S2. The lowest BCUT2D eigenvalue weighted by molar-refractivity contribution is 0.158. The molecule has 0 radical (unpaired) electrons. The Balaban J connectivity index is 1.80. The smallest absolute Gasteiger partial charge is 0.409 e. The van der Waals surface area contributed by atoms with Crippen molar-refractivity contribution in [2.75, 3.05) is 38.5 Å². The Morgan fingerprint density at radius 1 is 1.21 bits per heavy atom. The zero-order valence-corrected chi connectivity index (χ0v) is 21.4. The first-order valence-electron chi connectivity index (χ1n) is 11.4. The number of rotatable bonds is 12. The van der Waals surface area contributed by atoms with E-state index in [0.717, 1.165) is 29.4 Å². The van der Waals surface area contributed by atoms with Crippen molar-refractivity contribution >= 4 is 27.9 Å². The van der Waals surface area contributed by atoms with Crippen molar-refractivity contribution in [1.29, 1.82) is 0 Å². The second-order valence-corrected chi connectivity index (χ2v) is 11.2. The van der Waals surface area contributed by atoms with Crippen LogP contribution < -0.4 is 0 Å². The first-order chi connectivity index (χ1) is 15.8. The molecule has 1 aromatic carbocycles. The Morgan fingerprint density at radius 3 is 2.61 bits per heavy atom. The maximum Gasteiger partial charge on any atom is 0.409 e. The van der Waals surface area contributed by atoms with Crippen LogP contribution in [0.4, 0.5) is 4.79 Å². The number of ether oxygens (including phenoxy) is 1. The number of aromatic nitrogens is 3. The second-order valence-electron chi connectivity index (χ2n) is 8.23. The van der Waals surface area contributed by atoms with E-state index in [1.54, 1.807) is 34.9 Å². The zero-order chi connectivity index (χ0) is 24.0. The normalized spacial score (nSPS) is 14.5. The summed E-state index contributed by atoms with van der Waals surface area (Å²) in [6.45, 7) is 11.2. The maximum atomic E-state index is 13.0. The van der Waals surface area contributed by atoms with E-state index in [-0.39, 0.29) is 11.0 Å². The summed E-state index contributed by atoms with van der Waals surface area (Å²) in [5.74, 6) is 1.81. The number of thioether (sulfide) groups is 1. The molecule has 0 unspecified atom stereocenters. The molecule has 11 heteroatoms. The summed E-state index contributed by atoms with van der Waals surface area (Å²) in [6, 6.07) is 6.93. The van der Waals surface area contributed by atoms with Gasteiger partial charge in [0, 0.05) is 37.5 Å². The highest BCUT2D eigenvalue weighted by Crippen LogP contribution is 2.28. The van der Waals surface area contributed by atoms with Gasteiger partial charge < -0.3 is 14.2 Å². The SMILES string of the molecule is CCN(CC)S(=O)(=O)c1cccc(-c2nnc(SCCCN3CCOC3=O)n2CC(C)C)c1. The van der Waals surface area contributed by atoms with E-state index in [9.17, 15) is 13.2 Å². The minimum absolute atomic E-state index is 0.246. The van der Waals surface area contributed by atoms with E-state index in [0.29, 0.717) is 44.5 Å². The van der Waals surface area contributed by atoms with Gasteiger partial charge in [-0.05, 0) is 24.5 Å². The number of amides is 1. The molecule has 2 aromatic rings. The Labute approximate surface area is 200 Å². The van der Waals surface area contributed by atoms with Gasteiger partial charge in [0.2, 0.25) is 10.0 Å². The van der Waals surface area contributed by atoms with Gasteiger partial charge in [0.05, 0.1) is 11.4 Å². The second kappa shape index (κ2) is 11.3. The molecule has 1 saturated heterocycles. The number of carbonyl (C=O) groups is 1. The fourth-order valence-corrected chi connectivity index (χ4v) is 6.07. The van der Waals surface area contributed by atoms with Crippen molar-refractivity contribution in [3.63, 3.8) is 0 Å². The van der Waals surface area contributed by atoms with Crippen molar-refractivity contribution in [2.45, 2.75) is 50.7 Å². The molecule has 1 aliphatic rings. The number of sulfonamides is 1. The molecule has 1 aromatic heterocycles. The van der Waals surface area contributed by atoms with E-state index in [2.05, 4.69) is 28.6 Å². The molecule has 0 bridgehead atoms. The van der Waals surface area contributed by atoms with Crippen LogP contribution in [0.5, 0.6) is 0 Å². The average molecular weight is 496 g/mol. The summed E-state index contributed by atoms with van der Waals surface area (Å²) < 4.78 is 34.5. The number of benzene rings is 1. The van der Waals surface area contributed by atoms with Crippen molar-refractivity contribution in [3.8, 4) is 11.4 Å². The summed E-state index contributed by atoms with van der Waals surface area (Å²) >= 11 is 1.60. The molecule has 182 valence electrons. The van der Waals surface area contributed by atoms with E-state index >= 15 is 0 Å². The third kappa shape index (κ3) is 6.07. The molecular weight excluding hydrogens is 462 g/mol. The highest BCUT2D eigenvalue weighted by atomic mass is 32.2. The molecule has 0 N–H and O–H groups in total. The quantitative estimate of drug-likeness (QED) is 0.328. The molecule has 0 saturated carbocycles. The van der Waals surface area contributed by atoms with Crippen LogP contribution in [0.3, 0.4) is 0 Å². The summed E-state index contributed by atoms with van der Waals surface area (Å²) in [7, 11) is -3.56. The summed E-state index contributed by atoms with van der Waals surface area (Å²) in [5, 5.41) is 9.61. The lowest BCUT2D eigenvalue weighted by atomic mass is 10.2. The van der Waals surface area contributed by atoms with Gasteiger partial charge in [-0.25, -0.2) is 13.2 Å². The van der Waals surface area contributed by atoms with Gasteiger partial charge >= 0.3 is 6.09 Å². The Morgan fingerprint density at radius 2 is 1.97 bits per heavy atom. The molecule has 1 amide bonds. The number of nitrogens with zero attached hydrogens (tertiary/aromatic N) is 5. The number of hydrogen-bond donors (Lipinski definition) is 0. The lowest BCUT2D eigenvalue weighted by Gasteiger charge is -2.19. The van der Waals surface area contributed by atoms with Gasteiger partial charge in [-0.3, -0.25) is 0 Å². The largest absolute Gasteiger partial charge is 0.448 e. The van der Waals surface area contributed by atoms with E-state index < -0.39 is 10.0 Å². The van der Waals surface area contributed by atoms with Gasteiger partial charge in [0.25, 0.3) is 0 Å². The number of hydrogen-bond acceptors (Lipinski definition) is 7. The molecule has 1 aliphatic heterocycles. The summed E-state index contributed by atoms with van der Waals surface area (Å²) in [5.41, 5.74) is 0.725. The van der Waals surface area contributed by atoms with E-state index in [4.69, 9.17) is 4.74 Å². The highest BCUT2D eigenvalue weighted by molar-refractivity contribution is 7.99. The summed E-state index contributed by atoms with van der Waals surface area (Å²) in [4.78, 5) is 13.6. The number of carbonyl (C=O) groups excluding carboxylic acids is 1. The lowest BCUT2D eigenvalue weighted by Crippen LogP contribution is -2.30. The first kappa shape index (κ1) is 25.5. The van der Waals surface area contributed by atoms with Gasteiger partial charge in [-0.2, -0.15) is 4.31 Å². The van der Waals surface area contributed by atoms with Crippen LogP contribution >= 0.6 is 11.8 Å². The molecule has 2 heterocycles. The average Bonchev–Trinajstić information content (AvgIpc) is 3.37. The molecule has 9 nitrogen and oxygen atoms in total. The Bertz CT molecular complexity index is 1050. The van der Waals surface area contributed by atoms with Crippen LogP contribution in [0.2, 0.25) is 0 Å². The molecule has 0 atom stereocenters. The standard InChI is InChI=1S/C22H33N5O4S2/c1-5-26(6-2)33(29,30)19-10-7-9-18(15-19)20-23-24-21(27(20)16-17(3)4)32-14-8-11-25-12-13-31-22(25)28/h7,9-10,15,17H,5-6,8,11-14,16H2,1-4H3. The van der Waals surface area contributed by atoms with Crippen molar-refractivity contribution in [1.82, 2.24) is 24.0 Å². The fourth-order valence-electron chi connectivity index (χ4n) is 3.69. The Hall–Kier alpha value is -2.11. The number of cyclic esters (lactones) is 1. The molecule has 0 aliphatic carbocycles. The topological polar surface area (TPSA) is 97.6 Å².